The first-order valence-electron chi connectivity index (χ1n) is 4.64. The van der Waals surface area contributed by atoms with E-state index < -0.39 is 17.7 Å². The highest BCUT2D eigenvalue weighted by Crippen LogP contribution is 2.08. The van der Waals surface area contributed by atoms with Crippen LogP contribution in [0.1, 0.15) is 18.3 Å². The van der Waals surface area contributed by atoms with Crippen LogP contribution in [-0.2, 0) is 16.0 Å². The maximum atomic E-state index is 11.0. The summed E-state index contributed by atoms with van der Waals surface area (Å²) in [4.78, 5) is 25.8. The van der Waals surface area contributed by atoms with Crippen molar-refractivity contribution >= 4 is 11.8 Å². The van der Waals surface area contributed by atoms with Gasteiger partial charge in [-0.1, -0.05) is 6.07 Å². The highest BCUT2D eigenvalue weighted by Gasteiger charge is 2.16. The van der Waals surface area contributed by atoms with Crippen molar-refractivity contribution in [2.24, 2.45) is 5.92 Å². The summed E-state index contributed by atoms with van der Waals surface area (Å²) >= 11 is 0. The van der Waals surface area contributed by atoms with Gasteiger partial charge in [-0.15, -0.1) is 0 Å². The molecule has 4 heteroatoms. The third kappa shape index (κ3) is 3.16. The normalized spacial score (nSPS) is 12.1. The fourth-order valence-corrected chi connectivity index (χ4v) is 1.32. The molecule has 0 spiro atoms. The van der Waals surface area contributed by atoms with Crippen molar-refractivity contribution in [3.63, 3.8) is 0 Å². The Labute approximate surface area is 88.0 Å². The van der Waals surface area contributed by atoms with Crippen molar-refractivity contribution in [2.45, 2.75) is 20.3 Å². The van der Waals surface area contributed by atoms with Gasteiger partial charge in [0.25, 0.3) is 0 Å². The Bertz CT molecular complexity index is 373. The third-order valence-corrected chi connectivity index (χ3v) is 2.13. The molecule has 1 aromatic heterocycles. The van der Waals surface area contributed by atoms with E-state index >= 15 is 0 Å². The molecule has 0 saturated heterocycles. The molecular weight excluding hydrogens is 194 g/mol. The van der Waals surface area contributed by atoms with Gasteiger partial charge in [0.15, 0.2) is 0 Å². The maximum absolute atomic E-state index is 11.0. The quantitative estimate of drug-likeness (QED) is 0.644. The Morgan fingerprint density at radius 1 is 1.47 bits per heavy atom. The van der Waals surface area contributed by atoms with E-state index in [0.29, 0.717) is 5.69 Å². The molecule has 0 bridgehead atoms. The van der Waals surface area contributed by atoms with Gasteiger partial charge >= 0.3 is 0 Å². The number of hydrogen-bond acceptors (Lipinski definition) is 4. The number of carbonyl (C=O) groups excluding carboxylic acids is 2. The van der Waals surface area contributed by atoms with E-state index in [1.165, 1.54) is 6.92 Å². The van der Waals surface area contributed by atoms with Crippen LogP contribution in [0.3, 0.4) is 0 Å². The minimum absolute atomic E-state index is 0.0966. The molecule has 0 amide bonds. The number of nitrogens with zero attached hydrogens (tertiary/aromatic N) is 1. The summed E-state index contributed by atoms with van der Waals surface area (Å²) in [7, 11) is 0. The van der Waals surface area contributed by atoms with Crippen molar-refractivity contribution < 1.29 is 14.7 Å². The number of carbonyl (C=O) groups is 2. The first kappa shape index (κ1) is 11.4. The number of carboxylic acids is 1. The lowest BCUT2D eigenvalue weighted by molar-refractivity contribution is -0.309. The number of aliphatic carboxylic acids is 1. The molecule has 15 heavy (non-hydrogen) atoms. The lowest BCUT2D eigenvalue weighted by Gasteiger charge is -2.14. The second kappa shape index (κ2) is 4.68. The largest absolute Gasteiger partial charge is 0.549 e. The highest BCUT2D eigenvalue weighted by molar-refractivity contribution is 5.96. The van der Waals surface area contributed by atoms with Gasteiger partial charge < -0.3 is 9.90 Å². The summed E-state index contributed by atoms with van der Waals surface area (Å²) in [6.45, 7) is 3.06. The zero-order valence-electron chi connectivity index (χ0n) is 8.69. The van der Waals surface area contributed by atoms with Crippen LogP contribution in [0.5, 0.6) is 0 Å². The van der Waals surface area contributed by atoms with Crippen molar-refractivity contribution in [3.8, 4) is 0 Å². The van der Waals surface area contributed by atoms with E-state index in [9.17, 15) is 14.7 Å². The Morgan fingerprint density at radius 3 is 2.60 bits per heavy atom. The van der Waals surface area contributed by atoms with Crippen LogP contribution >= 0.6 is 0 Å². The molecule has 1 aromatic rings. The van der Waals surface area contributed by atoms with Gasteiger partial charge in [0, 0.05) is 17.8 Å². The third-order valence-electron chi connectivity index (χ3n) is 2.13. The van der Waals surface area contributed by atoms with E-state index in [1.54, 1.807) is 12.1 Å². The van der Waals surface area contributed by atoms with Crippen LogP contribution in [0.4, 0.5) is 0 Å². The molecule has 80 valence electrons. The molecule has 0 aliphatic carbocycles. The predicted molar refractivity (Wildman–Crippen MR) is 51.9 cm³/mol. The summed E-state index contributed by atoms with van der Waals surface area (Å²) in [5.74, 6) is -2.84. The molecule has 0 aromatic carbocycles. The summed E-state index contributed by atoms with van der Waals surface area (Å²) < 4.78 is 0. The molecule has 0 aliphatic heterocycles. The van der Waals surface area contributed by atoms with E-state index in [2.05, 4.69) is 4.98 Å². The standard InChI is InChI=1S/C11H13NO3/c1-7-4-3-5-9(12-7)6-10(8(2)13)11(14)15/h3-5,10H,6H2,1-2H3,(H,14,15)/p-1. The molecule has 0 radical (unpaired) electrons. The van der Waals surface area contributed by atoms with Gasteiger partial charge in [0.2, 0.25) is 0 Å². The zero-order valence-corrected chi connectivity index (χ0v) is 8.69. The Kier molecular flexibility index (Phi) is 3.55. The fraction of sp³-hybridized carbons (Fsp3) is 0.364. The Morgan fingerprint density at radius 2 is 2.13 bits per heavy atom. The summed E-state index contributed by atoms with van der Waals surface area (Å²) in [5, 5.41) is 10.7. The molecular formula is C11H12NO3-. The van der Waals surface area contributed by atoms with Crippen LogP contribution < -0.4 is 5.11 Å². The number of carboxylic acid groups (broad SMARTS) is 1. The molecule has 1 atom stereocenters. The Balaban J connectivity index is 2.83. The van der Waals surface area contributed by atoms with Crippen LogP contribution in [0.2, 0.25) is 0 Å². The fourth-order valence-electron chi connectivity index (χ4n) is 1.32. The molecule has 0 saturated carbocycles. The summed E-state index contributed by atoms with van der Waals surface area (Å²) in [5.41, 5.74) is 1.40. The molecule has 1 rings (SSSR count). The number of aromatic nitrogens is 1. The second-order valence-electron chi connectivity index (χ2n) is 3.46. The van der Waals surface area contributed by atoms with E-state index in [4.69, 9.17) is 0 Å². The first-order valence-corrected chi connectivity index (χ1v) is 4.64. The summed E-state index contributed by atoms with van der Waals surface area (Å²) in [6, 6.07) is 5.29. The lowest BCUT2D eigenvalue weighted by atomic mass is 9.99. The van der Waals surface area contributed by atoms with Crippen molar-refractivity contribution in [1.82, 2.24) is 4.98 Å². The SMILES string of the molecule is CC(=O)C(Cc1cccc(C)n1)C(=O)[O-]. The number of hydrogen-bond donors (Lipinski definition) is 0. The number of ketones is 1. The molecule has 4 nitrogen and oxygen atoms in total. The van der Waals surface area contributed by atoms with Crippen molar-refractivity contribution in [2.75, 3.05) is 0 Å². The maximum Gasteiger partial charge on any atom is 0.138 e. The summed E-state index contributed by atoms with van der Waals surface area (Å²) in [6.07, 6.45) is 0.0966. The van der Waals surface area contributed by atoms with E-state index in [1.807, 2.05) is 13.0 Å². The van der Waals surface area contributed by atoms with Crippen LogP contribution in [-0.4, -0.2) is 16.7 Å². The van der Waals surface area contributed by atoms with Crippen molar-refractivity contribution in [3.05, 3.63) is 29.6 Å². The molecule has 0 fully saturated rings. The van der Waals surface area contributed by atoms with Gasteiger partial charge in [0.1, 0.15) is 5.78 Å². The van der Waals surface area contributed by atoms with Crippen LogP contribution in [0, 0.1) is 12.8 Å². The van der Waals surface area contributed by atoms with Gasteiger partial charge in [-0.25, -0.2) is 0 Å². The molecule has 1 heterocycles. The van der Waals surface area contributed by atoms with Crippen LogP contribution in [0.15, 0.2) is 18.2 Å². The van der Waals surface area contributed by atoms with E-state index in [0.717, 1.165) is 5.69 Å². The predicted octanol–water partition coefficient (Wildman–Crippen LogP) is -0.112. The number of aryl methyl sites for hydroxylation is 1. The number of rotatable bonds is 4. The number of Topliss-reactive ketones (excluding diaryl/α,β-unsaturated/α-hetero) is 1. The number of pyridine rings is 1. The minimum Gasteiger partial charge on any atom is -0.549 e. The second-order valence-corrected chi connectivity index (χ2v) is 3.46. The minimum atomic E-state index is -1.34. The lowest BCUT2D eigenvalue weighted by Crippen LogP contribution is -2.36. The average Bonchev–Trinajstić information content (AvgIpc) is 2.13. The average molecular weight is 206 g/mol. The monoisotopic (exact) mass is 206 g/mol. The highest BCUT2D eigenvalue weighted by atomic mass is 16.4. The van der Waals surface area contributed by atoms with Gasteiger partial charge in [-0.05, 0) is 26.0 Å². The van der Waals surface area contributed by atoms with Crippen LogP contribution in [0.25, 0.3) is 0 Å². The Hall–Kier alpha value is -1.71. The van der Waals surface area contributed by atoms with Crippen molar-refractivity contribution in [1.29, 1.82) is 0 Å². The van der Waals surface area contributed by atoms with Gasteiger partial charge in [-0.3, -0.25) is 9.78 Å². The van der Waals surface area contributed by atoms with E-state index in [-0.39, 0.29) is 6.42 Å². The molecule has 0 aliphatic rings. The topological polar surface area (TPSA) is 70.1 Å². The molecule has 0 N–H and O–H groups in total. The van der Waals surface area contributed by atoms with Gasteiger partial charge in [0.05, 0.1) is 11.9 Å². The zero-order chi connectivity index (χ0) is 11.4. The first-order chi connectivity index (χ1) is 7.00. The van der Waals surface area contributed by atoms with Gasteiger partial charge in [-0.2, -0.15) is 0 Å². The molecule has 1 unspecified atom stereocenters. The smallest absolute Gasteiger partial charge is 0.138 e.